The monoisotopic (exact) mass is 273 g/mol. The zero-order valence-corrected chi connectivity index (χ0v) is 11.2. The van der Waals surface area contributed by atoms with Crippen LogP contribution in [-0.4, -0.2) is 13.1 Å². The average Bonchev–Trinajstić information content (AvgIpc) is 2.40. The highest BCUT2D eigenvalue weighted by molar-refractivity contribution is 5.24. The summed E-state index contributed by atoms with van der Waals surface area (Å²) < 4.78 is 26.8. The lowest BCUT2D eigenvalue weighted by Gasteiger charge is -2.43. The molecule has 0 atom stereocenters. The Morgan fingerprint density at radius 2 is 1.70 bits per heavy atom. The SMILES string of the molecule is Fc1ccc(CC2(Cc3ccccc3)CNC2)c(F)c1. The van der Waals surface area contributed by atoms with Crippen LogP contribution in [-0.2, 0) is 12.8 Å². The normalized spacial score (nSPS) is 16.7. The van der Waals surface area contributed by atoms with E-state index in [9.17, 15) is 8.78 Å². The number of hydrogen-bond acceptors (Lipinski definition) is 1. The maximum Gasteiger partial charge on any atom is 0.129 e. The first-order valence-electron chi connectivity index (χ1n) is 6.86. The molecule has 0 aromatic heterocycles. The van der Waals surface area contributed by atoms with Crippen molar-refractivity contribution < 1.29 is 8.78 Å². The molecule has 1 fully saturated rings. The molecule has 3 rings (SSSR count). The number of halogens is 2. The van der Waals surface area contributed by atoms with Crippen LogP contribution in [0.1, 0.15) is 11.1 Å². The van der Waals surface area contributed by atoms with E-state index >= 15 is 0 Å². The minimum atomic E-state index is -0.518. The number of benzene rings is 2. The summed E-state index contributed by atoms with van der Waals surface area (Å²) in [6.45, 7) is 1.75. The van der Waals surface area contributed by atoms with Gasteiger partial charge in [0.25, 0.3) is 0 Å². The van der Waals surface area contributed by atoms with Crippen LogP contribution in [0.5, 0.6) is 0 Å². The van der Waals surface area contributed by atoms with E-state index < -0.39 is 11.6 Å². The van der Waals surface area contributed by atoms with Gasteiger partial charge in [0.05, 0.1) is 0 Å². The van der Waals surface area contributed by atoms with Crippen molar-refractivity contribution in [2.24, 2.45) is 5.41 Å². The van der Waals surface area contributed by atoms with Gasteiger partial charge in [0.15, 0.2) is 0 Å². The second kappa shape index (κ2) is 5.33. The van der Waals surface area contributed by atoms with Crippen LogP contribution in [0.4, 0.5) is 8.78 Å². The Bertz CT molecular complexity index is 591. The van der Waals surface area contributed by atoms with Crippen molar-refractivity contribution in [1.82, 2.24) is 5.32 Å². The van der Waals surface area contributed by atoms with Gasteiger partial charge >= 0.3 is 0 Å². The van der Waals surface area contributed by atoms with Gasteiger partial charge < -0.3 is 5.32 Å². The van der Waals surface area contributed by atoms with E-state index in [2.05, 4.69) is 17.4 Å². The zero-order chi connectivity index (χ0) is 14.0. The Kier molecular flexibility index (Phi) is 3.53. The molecule has 1 heterocycles. The summed E-state index contributed by atoms with van der Waals surface area (Å²) in [5.41, 5.74) is 1.90. The largest absolute Gasteiger partial charge is 0.315 e. The van der Waals surface area contributed by atoms with Gasteiger partial charge in [-0.1, -0.05) is 36.4 Å². The van der Waals surface area contributed by atoms with E-state index in [1.807, 2.05) is 18.2 Å². The Morgan fingerprint density at radius 1 is 0.950 bits per heavy atom. The highest BCUT2D eigenvalue weighted by Crippen LogP contribution is 2.32. The summed E-state index contributed by atoms with van der Waals surface area (Å²) in [5.74, 6) is -0.959. The molecule has 1 saturated heterocycles. The summed E-state index contributed by atoms with van der Waals surface area (Å²) in [6.07, 6.45) is 1.55. The molecule has 0 saturated carbocycles. The van der Waals surface area contributed by atoms with E-state index in [4.69, 9.17) is 0 Å². The minimum absolute atomic E-state index is 0.0417. The molecule has 0 unspecified atom stereocenters. The number of nitrogens with one attached hydrogen (secondary N) is 1. The van der Waals surface area contributed by atoms with Crippen molar-refractivity contribution in [3.63, 3.8) is 0 Å². The first-order valence-corrected chi connectivity index (χ1v) is 6.86. The molecule has 0 radical (unpaired) electrons. The van der Waals surface area contributed by atoms with Gasteiger partial charge in [0.2, 0.25) is 0 Å². The van der Waals surface area contributed by atoms with Crippen LogP contribution in [0.15, 0.2) is 48.5 Å². The third-order valence-electron chi connectivity index (χ3n) is 4.00. The standard InChI is InChI=1S/C17H17F2N/c18-15-7-6-14(16(19)8-15)10-17(11-20-12-17)9-13-4-2-1-3-5-13/h1-8,20H,9-12H2. The van der Waals surface area contributed by atoms with E-state index in [0.717, 1.165) is 25.6 Å². The predicted molar refractivity (Wildman–Crippen MR) is 75.5 cm³/mol. The molecular formula is C17H17F2N. The van der Waals surface area contributed by atoms with Crippen LogP contribution in [0.25, 0.3) is 0 Å². The highest BCUT2D eigenvalue weighted by Gasteiger charge is 2.37. The summed E-state index contributed by atoms with van der Waals surface area (Å²) in [4.78, 5) is 0. The molecular weight excluding hydrogens is 256 g/mol. The van der Waals surface area contributed by atoms with Crippen LogP contribution in [0, 0.1) is 17.0 Å². The molecule has 1 nitrogen and oxygen atoms in total. The molecule has 0 bridgehead atoms. The van der Waals surface area contributed by atoms with Crippen LogP contribution >= 0.6 is 0 Å². The molecule has 2 aromatic carbocycles. The average molecular weight is 273 g/mol. The summed E-state index contributed by atoms with van der Waals surface area (Å²) in [6, 6.07) is 14.1. The first-order chi connectivity index (χ1) is 9.67. The fourth-order valence-electron chi connectivity index (χ4n) is 2.89. The van der Waals surface area contributed by atoms with E-state index in [0.29, 0.717) is 12.0 Å². The van der Waals surface area contributed by atoms with E-state index in [1.54, 1.807) is 6.07 Å². The maximum absolute atomic E-state index is 13.8. The van der Waals surface area contributed by atoms with Crippen molar-refractivity contribution in [3.05, 3.63) is 71.3 Å². The quantitative estimate of drug-likeness (QED) is 0.901. The third kappa shape index (κ3) is 2.73. The van der Waals surface area contributed by atoms with E-state index in [1.165, 1.54) is 11.6 Å². The Morgan fingerprint density at radius 3 is 2.30 bits per heavy atom. The zero-order valence-electron chi connectivity index (χ0n) is 11.2. The fraction of sp³-hybridized carbons (Fsp3) is 0.294. The molecule has 104 valence electrons. The summed E-state index contributed by atoms with van der Waals surface area (Å²) in [7, 11) is 0. The van der Waals surface area contributed by atoms with Gasteiger partial charge in [-0.25, -0.2) is 8.78 Å². The molecule has 3 heteroatoms. The lowest BCUT2D eigenvalue weighted by Crippen LogP contribution is -2.56. The molecule has 0 amide bonds. The smallest absolute Gasteiger partial charge is 0.129 e. The summed E-state index contributed by atoms with van der Waals surface area (Å²) >= 11 is 0. The van der Waals surface area contributed by atoms with E-state index in [-0.39, 0.29) is 5.41 Å². The van der Waals surface area contributed by atoms with Crippen LogP contribution in [0.2, 0.25) is 0 Å². The molecule has 1 N–H and O–H groups in total. The lowest BCUT2D eigenvalue weighted by atomic mass is 9.72. The third-order valence-corrected chi connectivity index (χ3v) is 4.00. The molecule has 1 aliphatic rings. The van der Waals surface area contributed by atoms with Crippen molar-refractivity contribution in [2.75, 3.05) is 13.1 Å². The Hall–Kier alpha value is -1.74. The van der Waals surface area contributed by atoms with Gasteiger partial charge in [-0.2, -0.15) is 0 Å². The first kappa shape index (κ1) is 13.3. The second-order valence-corrected chi connectivity index (χ2v) is 5.68. The number of hydrogen-bond donors (Lipinski definition) is 1. The van der Waals surface area contributed by atoms with Crippen molar-refractivity contribution >= 4 is 0 Å². The van der Waals surface area contributed by atoms with Crippen LogP contribution in [0.3, 0.4) is 0 Å². The number of rotatable bonds is 4. The van der Waals surface area contributed by atoms with Gasteiger partial charge in [0, 0.05) is 24.6 Å². The maximum atomic E-state index is 13.8. The van der Waals surface area contributed by atoms with Crippen molar-refractivity contribution in [2.45, 2.75) is 12.8 Å². The molecule has 0 spiro atoms. The Labute approximate surface area is 117 Å². The van der Waals surface area contributed by atoms with Gasteiger partial charge in [0.1, 0.15) is 11.6 Å². The fourth-order valence-corrected chi connectivity index (χ4v) is 2.89. The molecule has 0 aliphatic carbocycles. The van der Waals surface area contributed by atoms with Crippen LogP contribution < -0.4 is 5.32 Å². The summed E-state index contributed by atoms with van der Waals surface area (Å²) in [5, 5.41) is 3.28. The van der Waals surface area contributed by atoms with Gasteiger partial charge in [-0.05, 0) is 30.0 Å². The molecule has 20 heavy (non-hydrogen) atoms. The minimum Gasteiger partial charge on any atom is -0.315 e. The lowest BCUT2D eigenvalue weighted by molar-refractivity contribution is 0.165. The highest BCUT2D eigenvalue weighted by atomic mass is 19.1. The van der Waals surface area contributed by atoms with Crippen molar-refractivity contribution in [1.29, 1.82) is 0 Å². The second-order valence-electron chi connectivity index (χ2n) is 5.68. The topological polar surface area (TPSA) is 12.0 Å². The van der Waals surface area contributed by atoms with Crippen molar-refractivity contribution in [3.8, 4) is 0 Å². The Balaban J connectivity index is 1.79. The van der Waals surface area contributed by atoms with Gasteiger partial charge in [-0.3, -0.25) is 0 Å². The molecule has 2 aromatic rings. The van der Waals surface area contributed by atoms with Gasteiger partial charge in [-0.15, -0.1) is 0 Å². The predicted octanol–water partition coefficient (Wildman–Crippen LogP) is 3.34. The molecule has 1 aliphatic heterocycles.